The quantitative estimate of drug-likeness (QED) is 0.772. The molecule has 0 spiro atoms. The lowest BCUT2D eigenvalue weighted by Gasteiger charge is -2.18. The predicted molar refractivity (Wildman–Crippen MR) is 106 cm³/mol. The van der Waals surface area contributed by atoms with Gasteiger partial charge in [0.25, 0.3) is 21.8 Å². The van der Waals surface area contributed by atoms with Gasteiger partial charge in [0.1, 0.15) is 4.90 Å². The normalized spacial score (nSPS) is 14.7. The van der Waals surface area contributed by atoms with Gasteiger partial charge in [-0.2, -0.15) is 0 Å². The number of ether oxygens (including phenoxy) is 2. The summed E-state index contributed by atoms with van der Waals surface area (Å²) in [6, 6.07) is 8.81. The van der Waals surface area contributed by atoms with Crippen molar-refractivity contribution in [3.63, 3.8) is 0 Å². The first-order valence-corrected chi connectivity index (χ1v) is 10.4. The highest BCUT2D eigenvalue weighted by Gasteiger charge is 2.42. The first-order valence-electron chi connectivity index (χ1n) is 8.92. The van der Waals surface area contributed by atoms with Gasteiger partial charge in [0, 0.05) is 18.2 Å². The number of methoxy groups -OCH3 is 2. The van der Waals surface area contributed by atoms with E-state index in [1.807, 2.05) is 0 Å². The summed E-state index contributed by atoms with van der Waals surface area (Å²) < 4.78 is 36.6. The van der Waals surface area contributed by atoms with Crippen molar-refractivity contribution in [2.24, 2.45) is 0 Å². The van der Waals surface area contributed by atoms with Crippen molar-refractivity contribution in [3.05, 3.63) is 53.1 Å². The molecule has 0 bridgehead atoms. The SMILES string of the molecule is COc1ccc(CNC(=O)c2ccc3c(c2)S(=O)(=O)N(C(C)C)C3=O)cc1OC. The summed E-state index contributed by atoms with van der Waals surface area (Å²) in [7, 11) is -0.906. The van der Waals surface area contributed by atoms with Gasteiger partial charge in [-0.15, -0.1) is 0 Å². The molecule has 29 heavy (non-hydrogen) atoms. The van der Waals surface area contributed by atoms with Gasteiger partial charge in [-0.05, 0) is 49.7 Å². The summed E-state index contributed by atoms with van der Waals surface area (Å²) >= 11 is 0. The van der Waals surface area contributed by atoms with Crippen molar-refractivity contribution in [3.8, 4) is 11.5 Å². The number of nitrogens with one attached hydrogen (secondary N) is 1. The van der Waals surface area contributed by atoms with E-state index in [2.05, 4.69) is 5.32 Å². The third kappa shape index (κ3) is 3.65. The van der Waals surface area contributed by atoms with Crippen LogP contribution >= 0.6 is 0 Å². The predicted octanol–water partition coefficient (Wildman–Crippen LogP) is 2.19. The van der Waals surface area contributed by atoms with E-state index in [1.54, 1.807) is 32.0 Å². The molecule has 0 atom stereocenters. The maximum absolute atomic E-state index is 12.7. The maximum atomic E-state index is 12.7. The van der Waals surface area contributed by atoms with Gasteiger partial charge in [-0.3, -0.25) is 9.59 Å². The summed E-state index contributed by atoms with van der Waals surface area (Å²) in [5.74, 6) is 0.0847. The van der Waals surface area contributed by atoms with Crippen LogP contribution in [-0.2, 0) is 16.6 Å². The monoisotopic (exact) mass is 418 g/mol. The largest absolute Gasteiger partial charge is 0.493 e. The van der Waals surface area contributed by atoms with Gasteiger partial charge >= 0.3 is 0 Å². The van der Waals surface area contributed by atoms with Crippen LogP contribution in [0, 0.1) is 0 Å². The lowest BCUT2D eigenvalue weighted by atomic mass is 10.1. The molecule has 0 aliphatic carbocycles. The van der Waals surface area contributed by atoms with Gasteiger partial charge in [0.05, 0.1) is 19.8 Å². The van der Waals surface area contributed by atoms with E-state index in [0.29, 0.717) is 11.5 Å². The minimum absolute atomic E-state index is 0.0788. The number of benzene rings is 2. The van der Waals surface area contributed by atoms with Crippen molar-refractivity contribution < 1.29 is 27.5 Å². The maximum Gasteiger partial charge on any atom is 0.269 e. The Morgan fingerprint density at radius 1 is 1.07 bits per heavy atom. The van der Waals surface area contributed by atoms with Gasteiger partial charge in [0.15, 0.2) is 11.5 Å². The molecule has 2 amide bonds. The van der Waals surface area contributed by atoms with Crippen molar-refractivity contribution >= 4 is 21.8 Å². The molecule has 3 rings (SSSR count). The minimum Gasteiger partial charge on any atom is -0.493 e. The summed E-state index contributed by atoms with van der Waals surface area (Å²) in [4.78, 5) is 24.8. The smallest absolute Gasteiger partial charge is 0.269 e. The zero-order valence-corrected chi connectivity index (χ0v) is 17.4. The number of carbonyl (C=O) groups excluding carboxylic acids is 2. The highest BCUT2D eigenvalue weighted by molar-refractivity contribution is 7.90. The fourth-order valence-electron chi connectivity index (χ4n) is 3.17. The van der Waals surface area contributed by atoms with E-state index in [-0.39, 0.29) is 22.6 Å². The van der Waals surface area contributed by atoms with Gasteiger partial charge in [0.2, 0.25) is 0 Å². The zero-order valence-electron chi connectivity index (χ0n) is 16.6. The topological polar surface area (TPSA) is 102 Å². The van der Waals surface area contributed by atoms with Crippen LogP contribution in [0.25, 0.3) is 0 Å². The third-order valence-electron chi connectivity index (χ3n) is 4.58. The average Bonchev–Trinajstić information content (AvgIpc) is 2.90. The number of amides is 2. The Kier molecular flexibility index (Phi) is 5.52. The van der Waals surface area contributed by atoms with Crippen LogP contribution in [0.15, 0.2) is 41.3 Å². The molecule has 0 radical (unpaired) electrons. The highest BCUT2D eigenvalue weighted by atomic mass is 32.2. The Hall–Kier alpha value is -3.07. The number of carbonyl (C=O) groups is 2. The van der Waals surface area contributed by atoms with E-state index < -0.39 is 27.9 Å². The molecule has 154 valence electrons. The number of nitrogens with zero attached hydrogens (tertiary/aromatic N) is 1. The molecule has 0 aromatic heterocycles. The average molecular weight is 418 g/mol. The van der Waals surface area contributed by atoms with Crippen LogP contribution in [-0.4, -0.2) is 44.8 Å². The molecule has 0 saturated carbocycles. The fraction of sp³-hybridized carbons (Fsp3) is 0.300. The number of hydrogen-bond donors (Lipinski definition) is 1. The number of rotatable bonds is 6. The highest BCUT2D eigenvalue weighted by Crippen LogP contribution is 2.32. The Balaban J connectivity index is 1.81. The van der Waals surface area contributed by atoms with Crippen LogP contribution in [0.3, 0.4) is 0 Å². The Labute approximate surface area is 169 Å². The lowest BCUT2D eigenvalue weighted by Crippen LogP contribution is -2.36. The van der Waals surface area contributed by atoms with Crippen LogP contribution in [0.4, 0.5) is 0 Å². The second-order valence-corrected chi connectivity index (χ2v) is 8.57. The second-order valence-electron chi connectivity index (χ2n) is 6.78. The number of fused-ring (bicyclic) bond motifs is 1. The lowest BCUT2D eigenvalue weighted by molar-refractivity contribution is 0.0845. The Morgan fingerprint density at radius 2 is 1.76 bits per heavy atom. The summed E-state index contributed by atoms with van der Waals surface area (Å²) in [5.41, 5.74) is 1.02. The molecule has 0 fully saturated rings. The van der Waals surface area contributed by atoms with E-state index in [9.17, 15) is 18.0 Å². The standard InChI is InChI=1S/C20H22N2O6S/c1-12(2)22-20(24)15-7-6-14(10-18(15)29(22,25)26)19(23)21-11-13-5-8-16(27-3)17(9-13)28-4/h5-10,12H,11H2,1-4H3,(H,21,23). The molecular formula is C20H22N2O6S. The fourth-order valence-corrected chi connectivity index (χ4v) is 4.97. The number of sulfonamides is 1. The zero-order chi connectivity index (χ0) is 21.3. The molecule has 1 heterocycles. The summed E-state index contributed by atoms with van der Waals surface area (Å²) in [6.07, 6.45) is 0. The third-order valence-corrected chi connectivity index (χ3v) is 6.58. The molecule has 2 aromatic rings. The first-order chi connectivity index (χ1) is 13.7. The molecule has 0 saturated heterocycles. The Bertz CT molecular complexity index is 1080. The van der Waals surface area contributed by atoms with Gasteiger partial charge in [-0.25, -0.2) is 12.7 Å². The molecule has 9 heteroatoms. The summed E-state index contributed by atoms with van der Waals surface area (Å²) in [5, 5.41) is 2.74. The van der Waals surface area contributed by atoms with E-state index in [1.165, 1.54) is 32.4 Å². The minimum atomic E-state index is -3.96. The number of hydrogen-bond acceptors (Lipinski definition) is 6. The van der Waals surface area contributed by atoms with E-state index in [0.717, 1.165) is 9.87 Å². The van der Waals surface area contributed by atoms with Crippen molar-refractivity contribution in [1.82, 2.24) is 9.62 Å². The summed E-state index contributed by atoms with van der Waals surface area (Å²) in [6.45, 7) is 3.45. The van der Waals surface area contributed by atoms with E-state index in [4.69, 9.17) is 9.47 Å². The molecule has 2 aromatic carbocycles. The molecule has 1 aliphatic rings. The van der Waals surface area contributed by atoms with Crippen molar-refractivity contribution in [2.75, 3.05) is 14.2 Å². The molecule has 1 N–H and O–H groups in total. The van der Waals surface area contributed by atoms with Crippen LogP contribution in [0.2, 0.25) is 0 Å². The molecule has 1 aliphatic heterocycles. The van der Waals surface area contributed by atoms with Gasteiger partial charge in [-0.1, -0.05) is 6.07 Å². The van der Waals surface area contributed by atoms with E-state index >= 15 is 0 Å². The molecular weight excluding hydrogens is 396 g/mol. The van der Waals surface area contributed by atoms with Gasteiger partial charge < -0.3 is 14.8 Å². The van der Waals surface area contributed by atoms with Crippen molar-refractivity contribution in [2.45, 2.75) is 31.3 Å². The first kappa shape index (κ1) is 20.7. The molecule has 0 unspecified atom stereocenters. The van der Waals surface area contributed by atoms with Crippen LogP contribution in [0.1, 0.15) is 40.1 Å². The Morgan fingerprint density at radius 3 is 2.38 bits per heavy atom. The molecule has 8 nitrogen and oxygen atoms in total. The second kappa shape index (κ2) is 7.75. The van der Waals surface area contributed by atoms with Crippen LogP contribution in [0.5, 0.6) is 11.5 Å². The van der Waals surface area contributed by atoms with Crippen LogP contribution < -0.4 is 14.8 Å². The van der Waals surface area contributed by atoms with Crippen molar-refractivity contribution in [1.29, 1.82) is 0 Å².